The van der Waals surface area contributed by atoms with Crippen LogP contribution in [0.3, 0.4) is 0 Å². The van der Waals surface area contributed by atoms with Gasteiger partial charge in [0, 0.05) is 44.5 Å². The summed E-state index contributed by atoms with van der Waals surface area (Å²) >= 11 is 0. The molecule has 0 amide bonds. The van der Waals surface area contributed by atoms with E-state index in [4.69, 9.17) is 29.7 Å². The van der Waals surface area contributed by atoms with Gasteiger partial charge in [0.15, 0.2) is 23.3 Å². The summed E-state index contributed by atoms with van der Waals surface area (Å²) in [6, 6.07) is 82.0. The minimum absolute atomic E-state index is 0.605. The molecule has 0 N–H and O–H groups in total. The number of aromatic nitrogens is 5. The highest BCUT2D eigenvalue weighted by Crippen LogP contribution is 2.63. The molecule has 13 rings (SSSR count). The summed E-state index contributed by atoms with van der Waals surface area (Å²) in [4.78, 5) is 25.8. The van der Waals surface area contributed by atoms with E-state index in [1.54, 1.807) is 0 Å². The van der Waals surface area contributed by atoms with E-state index >= 15 is 0 Å². The van der Waals surface area contributed by atoms with Gasteiger partial charge in [-0.25, -0.2) is 24.9 Å². The first-order valence-corrected chi connectivity index (χ1v) is 22.8. The van der Waals surface area contributed by atoms with E-state index in [1.165, 1.54) is 5.56 Å². The molecule has 1 aliphatic carbocycles. The number of para-hydroxylation sites is 2. The predicted molar refractivity (Wildman–Crippen MR) is 271 cm³/mol. The minimum Gasteiger partial charge on any atom is -0.457 e. The van der Waals surface area contributed by atoms with Crippen LogP contribution in [0.25, 0.3) is 90.3 Å². The van der Waals surface area contributed by atoms with Gasteiger partial charge in [-0.2, -0.15) is 0 Å². The summed E-state index contributed by atoms with van der Waals surface area (Å²) in [7, 11) is 0. The fraction of sp³-hybridized carbons (Fsp3) is 0.0161. The summed E-state index contributed by atoms with van der Waals surface area (Å²) < 4.78 is 6.70. The molecule has 2 aliphatic rings. The Balaban J connectivity index is 1.01. The summed E-state index contributed by atoms with van der Waals surface area (Å²) in [5, 5.41) is 0. The van der Waals surface area contributed by atoms with Crippen molar-refractivity contribution >= 4 is 0 Å². The second-order valence-electron chi connectivity index (χ2n) is 17.1. The molecule has 0 unspecified atom stereocenters. The predicted octanol–water partition coefficient (Wildman–Crippen LogP) is 14.8. The molecule has 0 atom stereocenters. The highest BCUT2D eigenvalue weighted by molar-refractivity contribution is 5.97. The molecule has 6 heteroatoms. The molecule has 11 aromatic rings. The molecule has 0 saturated heterocycles. The van der Waals surface area contributed by atoms with Gasteiger partial charge in [0.1, 0.15) is 11.5 Å². The number of rotatable bonds is 7. The van der Waals surface area contributed by atoms with Crippen molar-refractivity contribution in [2.75, 3.05) is 0 Å². The summed E-state index contributed by atoms with van der Waals surface area (Å²) in [6.45, 7) is 0. The smallest absolute Gasteiger partial charge is 0.164 e. The lowest BCUT2D eigenvalue weighted by Crippen LogP contribution is -2.32. The van der Waals surface area contributed by atoms with Crippen molar-refractivity contribution < 1.29 is 4.74 Å². The molecule has 2 aromatic heterocycles. The van der Waals surface area contributed by atoms with E-state index < -0.39 is 5.41 Å². The van der Waals surface area contributed by atoms with Crippen molar-refractivity contribution in [3.63, 3.8) is 0 Å². The quantitative estimate of drug-likeness (QED) is 0.159. The third-order valence-corrected chi connectivity index (χ3v) is 13.2. The van der Waals surface area contributed by atoms with Gasteiger partial charge in [0.2, 0.25) is 0 Å². The first-order chi connectivity index (χ1) is 33.7. The lowest BCUT2D eigenvalue weighted by Gasteiger charge is -2.39. The van der Waals surface area contributed by atoms with Gasteiger partial charge in [-0.05, 0) is 57.6 Å². The molecule has 1 aliphatic heterocycles. The number of ether oxygens (including phenoxy) is 1. The lowest BCUT2D eigenvalue weighted by atomic mass is 9.66. The average molecular weight is 870 g/mol. The van der Waals surface area contributed by atoms with Gasteiger partial charge in [-0.15, -0.1) is 0 Å². The standard InChI is InChI=1S/C62H39N5O/c1-5-18-41(19-6-1)53-39-54(42-20-7-2-8-21-42)64-58(63-53)45-34-32-40(33-35-45)46-36-37-49-48(38-46)57-47(61-66-59(43-22-9-3-10-23-43)65-60(67-61)44-24-11-4-12-25-44)26-17-29-52(57)62(49)50-27-13-15-30-55(50)68-56-31-16-14-28-51(56)62/h1-39H. The van der Waals surface area contributed by atoms with E-state index in [0.29, 0.717) is 23.3 Å². The van der Waals surface area contributed by atoms with Crippen LogP contribution < -0.4 is 4.74 Å². The zero-order chi connectivity index (χ0) is 45.0. The highest BCUT2D eigenvalue weighted by atomic mass is 16.5. The first kappa shape index (κ1) is 39.3. The zero-order valence-electron chi connectivity index (χ0n) is 36.7. The Morgan fingerprint density at radius 2 is 0.691 bits per heavy atom. The van der Waals surface area contributed by atoms with Gasteiger partial charge < -0.3 is 4.74 Å². The Hall–Kier alpha value is -9.13. The van der Waals surface area contributed by atoms with Crippen LogP contribution in [0.2, 0.25) is 0 Å². The SMILES string of the molecule is c1ccc(-c2cc(-c3ccccc3)nc(-c3ccc(-c4ccc5c(c4)-c4c(-c6nc(-c7ccccc7)nc(-c7ccccc7)n6)cccc4C54c5ccccc5Oc5ccccc54)cc3)n2)cc1. The molecule has 9 aromatic carbocycles. The molecule has 0 fully saturated rings. The van der Waals surface area contributed by atoms with Gasteiger partial charge in [-0.1, -0.05) is 212 Å². The van der Waals surface area contributed by atoms with Gasteiger partial charge in [0.05, 0.1) is 16.8 Å². The van der Waals surface area contributed by atoms with Crippen LogP contribution >= 0.6 is 0 Å². The third-order valence-electron chi connectivity index (χ3n) is 13.2. The number of benzene rings is 9. The van der Waals surface area contributed by atoms with Crippen molar-refractivity contribution in [3.05, 3.63) is 259 Å². The first-order valence-electron chi connectivity index (χ1n) is 22.8. The molecule has 3 heterocycles. The van der Waals surface area contributed by atoms with Crippen LogP contribution in [0.15, 0.2) is 237 Å². The molecule has 68 heavy (non-hydrogen) atoms. The summed E-state index contributed by atoms with van der Waals surface area (Å²) in [5.41, 5.74) is 15.7. The minimum atomic E-state index is -0.691. The number of hydrogen-bond donors (Lipinski definition) is 0. The molecular formula is C62H39N5O. The number of fused-ring (bicyclic) bond motifs is 9. The van der Waals surface area contributed by atoms with Crippen molar-refractivity contribution in [2.45, 2.75) is 5.41 Å². The van der Waals surface area contributed by atoms with Crippen LogP contribution in [-0.2, 0) is 5.41 Å². The topological polar surface area (TPSA) is 73.7 Å². The van der Waals surface area contributed by atoms with Crippen LogP contribution in [0.1, 0.15) is 22.3 Å². The van der Waals surface area contributed by atoms with E-state index in [0.717, 1.165) is 95.2 Å². The maximum atomic E-state index is 6.70. The second kappa shape index (κ2) is 16.1. The normalized spacial score (nSPS) is 12.6. The van der Waals surface area contributed by atoms with Crippen LogP contribution in [0.5, 0.6) is 11.5 Å². The fourth-order valence-corrected chi connectivity index (χ4v) is 10.1. The summed E-state index contributed by atoms with van der Waals surface area (Å²) in [5.74, 6) is 4.18. The van der Waals surface area contributed by atoms with Crippen LogP contribution in [0.4, 0.5) is 0 Å². The highest BCUT2D eigenvalue weighted by Gasteiger charge is 2.52. The van der Waals surface area contributed by atoms with Gasteiger partial charge in [-0.3, -0.25) is 0 Å². The largest absolute Gasteiger partial charge is 0.457 e. The molecule has 0 bridgehead atoms. The molecule has 0 radical (unpaired) electrons. The van der Waals surface area contributed by atoms with Crippen molar-refractivity contribution in [1.29, 1.82) is 0 Å². The molecule has 1 spiro atoms. The van der Waals surface area contributed by atoms with Gasteiger partial charge in [0.25, 0.3) is 0 Å². The van der Waals surface area contributed by atoms with E-state index in [2.05, 4.69) is 152 Å². The van der Waals surface area contributed by atoms with Crippen molar-refractivity contribution in [2.24, 2.45) is 0 Å². The fourth-order valence-electron chi connectivity index (χ4n) is 10.1. The van der Waals surface area contributed by atoms with Gasteiger partial charge >= 0.3 is 0 Å². The van der Waals surface area contributed by atoms with Crippen molar-refractivity contribution in [3.8, 4) is 102 Å². The second-order valence-corrected chi connectivity index (χ2v) is 17.1. The molecule has 6 nitrogen and oxygen atoms in total. The van der Waals surface area contributed by atoms with Crippen LogP contribution in [-0.4, -0.2) is 24.9 Å². The Morgan fingerprint density at radius 3 is 1.25 bits per heavy atom. The van der Waals surface area contributed by atoms with E-state index in [1.807, 2.05) is 84.9 Å². The number of nitrogens with zero attached hydrogens (tertiary/aromatic N) is 5. The van der Waals surface area contributed by atoms with Crippen LogP contribution in [0, 0.1) is 0 Å². The zero-order valence-corrected chi connectivity index (χ0v) is 36.7. The van der Waals surface area contributed by atoms with Crippen molar-refractivity contribution in [1.82, 2.24) is 24.9 Å². The molecule has 318 valence electrons. The molecule has 0 saturated carbocycles. The number of hydrogen-bond acceptors (Lipinski definition) is 6. The maximum absolute atomic E-state index is 6.70. The Morgan fingerprint density at radius 1 is 0.265 bits per heavy atom. The maximum Gasteiger partial charge on any atom is 0.164 e. The Labute approximate surface area is 394 Å². The Kier molecular flexibility index (Phi) is 9.29. The average Bonchev–Trinajstić information content (AvgIpc) is 3.71. The Bertz CT molecular complexity index is 3530. The summed E-state index contributed by atoms with van der Waals surface area (Å²) in [6.07, 6.45) is 0. The van der Waals surface area contributed by atoms with E-state index in [-0.39, 0.29) is 0 Å². The lowest BCUT2D eigenvalue weighted by molar-refractivity contribution is 0.436. The van der Waals surface area contributed by atoms with E-state index in [9.17, 15) is 0 Å². The molecular weight excluding hydrogens is 831 g/mol. The third kappa shape index (κ3) is 6.45. The monoisotopic (exact) mass is 869 g/mol.